The van der Waals surface area contributed by atoms with Crippen LogP contribution in [0.5, 0.6) is 5.75 Å². The molecule has 37 heavy (non-hydrogen) atoms. The number of nitrogens with one attached hydrogen (secondary N) is 3. The van der Waals surface area contributed by atoms with Crippen LogP contribution in [-0.2, 0) is 11.3 Å². The zero-order valence-corrected chi connectivity index (χ0v) is 23.0. The number of amides is 2. The van der Waals surface area contributed by atoms with Crippen molar-refractivity contribution in [2.75, 3.05) is 17.2 Å². The standard InChI is InChI=1S/C14H10N4O3.C9H10N2O2.CH4.ClH.K/c19-13(8-4-2-1-3-5-8)18-9-6-15-11-10(9)16-7-17-12(11)14(20)21;10-4-6-1-2-8-7(3-6)11-9(12)5-13-8;;;/h1-7,15H,(H,18,19)(H,20,21);1-3H,4-5,10H2,(H,11,12);1H4;1H;/q;;;;+1/p-1. The summed E-state index contributed by atoms with van der Waals surface area (Å²) in [6.07, 6.45) is 2.58. The number of nitrogens with two attached hydrogens (primary N) is 1. The van der Waals surface area contributed by atoms with E-state index in [0.29, 0.717) is 34.7 Å². The van der Waals surface area contributed by atoms with Crippen LogP contribution < -0.4 is 77.6 Å². The second-order valence-corrected chi connectivity index (χ2v) is 7.13. The number of carbonyl (C=O) groups is 3. The minimum atomic E-state index is -1.41. The number of benzene rings is 2. The third kappa shape index (κ3) is 7.82. The van der Waals surface area contributed by atoms with Gasteiger partial charge in [-0.25, -0.2) is 9.97 Å². The van der Waals surface area contributed by atoms with Crippen molar-refractivity contribution in [3.63, 3.8) is 0 Å². The number of hydrogen-bond donors (Lipinski definition) is 4. The number of carboxylic acid groups (broad SMARTS) is 1. The van der Waals surface area contributed by atoms with Crippen molar-refractivity contribution in [3.8, 4) is 5.75 Å². The third-order valence-electron chi connectivity index (χ3n) is 4.85. The van der Waals surface area contributed by atoms with Crippen LogP contribution in [-0.4, -0.2) is 39.3 Å². The molecule has 2 amide bonds. The van der Waals surface area contributed by atoms with Gasteiger partial charge in [0.05, 0.1) is 22.9 Å². The minimum Gasteiger partial charge on any atom is -0.543 e. The molecule has 0 saturated carbocycles. The molecule has 4 aromatic rings. The third-order valence-corrected chi connectivity index (χ3v) is 4.85. The number of aromatic carboxylic acids is 1. The molecule has 0 bridgehead atoms. The van der Waals surface area contributed by atoms with Gasteiger partial charge in [-0.1, -0.05) is 31.7 Å². The summed E-state index contributed by atoms with van der Waals surface area (Å²) in [6.45, 7) is 0.554. The minimum absolute atomic E-state index is 0. The van der Waals surface area contributed by atoms with E-state index in [0.717, 1.165) is 11.9 Å². The van der Waals surface area contributed by atoms with Crippen molar-refractivity contribution in [2.24, 2.45) is 5.73 Å². The number of rotatable bonds is 4. The molecule has 2 aromatic heterocycles. The second kappa shape index (κ2) is 14.8. The fourth-order valence-electron chi connectivity index (χ4n) is 3.23. The average molecular weight is 551 g/mol. The molecule has 11 nitrogen and oxygen atoms in total. The molecule has 5 N–H and O–H groups in total. The first-order valence-electron chi connectivity index (χ1n) is 10.1. The monoisotopic (exact) mass is 550 g/mol. The zero-order valence-electron chi connectivity index (χ0n) is 19.1. The summed E-state index contributed by atoms with van der Waals surface area (Å²) >= 11 is 0. The van der Waals surface area contributed by atoms with Gasteiger partial charge in [0.15, 0.2) is 6.61 Å². The average Bonchev–Trinajstić information content (AvgIpc) is 3.27. The summed E-state index contributed by atoms with van der Waals surface area (Å²) in [5.74, 6) is -1.14. The molecular formula is C24H24ClKN6O5. The summed E-state index contributed by atoms with van der Waals surface area (Å²) in [5, 5.41) is 16.3. The number of halogens is 1. The Morgan fingerprint density at radius 1 is 1.14 bits per heavy atom. The van der Waals surface area contributed by atoms with E-state index in [1.54, 1.807) is 24.3 Å². The molecule has 188 valence electrons. The Hall–Kier alpha value is -2.84. The van der Waals surface area contributed by atoms with Crippen LogP contribution in [0.25, 0.3) is 11.0 Å². The van der Waals surface area contributed by atoms with E-state index in [9.17, 15) is 19.5 Å². The van der Waals surface area contributed by atoms with Crippen molar-refractivity contribution >= 4 is 52.6 Å². The number of carbonyl (C=O) groups excluding carboxylic acids is 3. The van der Waals surface area contributed by atoms with Gasteiger partial charge in [0.25, 0.3) is 11.8 Å². The van der Waals surface area contributed by atoms with E-state index >= 15 is 0 Å². The first-order valence-corrected chi connectivity index (χ1v) is 10.1. The molecule has 0 saturated heterocycles. The number of carboxylic acids is 1. The molecule has 0 fully saturated rings. The van der Waals surface area contributed by atoms with E-state index in [-0.39, 0.29) is 101 Å². The number of fused-ring (bicyclic) bond motifs is 2. The van der Waals surface area contributed by atoms with Crippen LogP contribution in [0, 0.1) is 0 Å². The van der Waals surface area contributed by atoms with Gasteiger partial charge in [0, 0.05) is 18.3 Å². The summed E-state index contributed by atoms with van der Waals surface area (Å²) in [4.78, 5) is 44.4. The van der Waals surface area contributed by atoms with Gasteiger partial charge in [0.2, 0.25) is 0 Å². The topological polar surface area (TPSA) is 175 Å². The van der Waals surface area contributed by atoms with Crippen LogP contribution in [0.2, 0.25) is 0 Å². The van der Waals surface area contributed by atoms with Crippen LogP contribution >= 0.6 is 12.4 Å². The number of nitrogens with zero attached hydrogens (tertiary/aromatic N) is 2. The number of hydrogen-bond acceptors (Lipinski definition) is 8. The number of H-pyrrole nitrogens is 1. The summed E-state index contributed by atoms with van der Waals surface area (Å²) in [6, 6.07) is 14.2. The Labute approximate surface area is 261 Å². The first kappa shape index (κ1) is 32.2. The van der Waals surface area contributed by atoms with E-state index in [1.165, 1.54) is 6.20 Å². The second-order valence-electron chi connectivity index (χ2n) is 7.13. The smallest absolute Gasteiger partial charge is 0.543 e. The van der Waals surface area contributed by atoms with Gasteiger partial charge < -0.3 is 36.0 Å². The van der Waals surface area contributed by atoms with Gasteiger partial charge in [-0.15, -0.1) is 12.4 Å². The van der Waals surface area contributed by atoms with Gasteiger partial charge in [-0.2, -0.15) is 0 Å². The molecule has 0 aliphatic carbocycles. The van der Waals surface area contributed by atoms with Gasteiger partial charge in [-0.3, -0.25) is 9.59 Å². The van der Waals surface area contributed by atoms with Crippen LogP contribution in [0.4, 0.5) is 11.4 Å². The number of aromatic nitrogens is 3. The molecule has 13 heteroatoms. The van der Waals surface area contributed by atoms with Crippen molar-refractivity contribution in [2.45, 2.75) is 14.0 Å². The molecular weight excluding hydrogens is 527 g/mol. The van der Waals surface area contributed by atoms with Crippen molar-refractivity contribution in [3.05, 3.63) is 77.9 Å². The molecule has 3 heterocycles. The Morgan fingerprint density at radius 2 is 1.86 bits per heavy atom. The Morgan fingerprint density at radius 3 is 2.54 bits per heavy atom. The van der Waals surface area contributed by atoms with E-state index in [4.69, 9.17) is 10.5 Å². The van der Waals surface area contributed by atoms with E-state index < -0.39 is 5.97 Å². The zero-order chi connectivity index (χ0) is 24.1. The van der Waals surface area contributed by atoms with Crippen molar-refractivity contribution in [1.29, 1.82) is 0 Å². The molecule has 0 spiro atoms. The maximum atomic E-state index is 12.1. The molecule has 2 aromatic carbocycles. The van der Waals surface area contributed by atoms with Crippen LogP contribution in [0.15, 0.2) is 61.1 Å². The number of ether oxygens (including phenoxy) is 1. The number of aromatic amines is 1. The van der Waals surface area contributed by atoms with E-state index in [1.807, 2.05) is 24.3 Å². The number of anilines is 2. The fourth-order valence-corrected chi connectivity index (χ4v) is 3.23. The molecule has 5 rings (SSSR count). The molecule has 0 unspecified atom stereocenters. The fraction of sp³-hybridized carbons (Fsp3) is 0.125. The van der Waals surface area contributed by atoms with Gasteiger partial charge >= 0.3 is 51.4 Å². The Balaban J connectivity index is 0.000000374. The summed E-state index contributed by atoms with van der Waals surface area (Å²) in [5.41, 5.74) is 8.29. The Bertz CT molecular complexity index is 1380. The van der Waals surface area contributed by atoms with E-state index in [2.05, 4.69) is 25.6 Å². The molecule has 1 aliphatic heterocycles. The largest absolute Gasteiger partial charge is 1.00 e. The summed E-state index contributed by atoms with van der Waals surface area (Å²) < 4.78 is 5.18. The predicted molar refractivity (Wildman–Crippen MR) is 135 cm³/mol. The van der Waals surface area contributed by atoms with Crippen molar-refractivity contribution in [1.82, 2.24) is 15.0 Å². The van der Waals surface area contributed by atoms with Gasteiger partial charge in [0.1, 0.15) is 23.3 Å². The summed E-state index contributed by atoms with van der Waals surface area (Å²) in [7, 11) is 0. The first-order chi connectivity index (χ1) is 16.5. The molecule has 1 aliphatic rings. The quantitative estimate of drug-likeness (QED) is 0.237. The maximum Gasteiger partial charge on any atom is 1.00 e. The van der Waals surface area contributed by atoms with Crippen LogP contribution in [0.1, 0.15) is 33.8 Å². The maximum absolute atomic E-state index is 12.1. The van der Waals surface area contributed by atoms with Crippen molar-refractivity contribution < 1.29 is 75.6 Å². The Kier molecular flexibility index (Phi) is 12.9. The SMILES string of the molecule is C.Cl.NCc1ccc2c(c1)NC(=O)CO2.O=C(Nc1c[nH]c2c(C(=O)[O-])ncnc12)c1ccccc1.[K+]. The predicted octanol–water partition coefficient (Wildman–Crippen LogP) is -0.888. The normalized spacial score (nSPS) is 11.0. The molecule has 0 atom stereocenters. The van der Waals surface area contributed by atoms with Crippen LogP contribution in [0.3, 0.4) is 0 Å². The molecule has 0 radical (unpaired) electrons. The van der Waals surface area contributed by atoms with Gasteiger partial charge in [-0.05, 0) is 29.8 Å².